The molecular weight excluding hydrogens is 260 g/mol. The van der Waals surface area contributed by atoms with E-state index in [1.54, 1.807) is 0 Å². The monoisotopic (exact) mass is 278 g/mol. The lowest BCUT2D eigenvalue weighted by molar-refractivity contribution is 0.0988. The van der Waals surface area contributed by atoms with Gasteiger partial charge in [0.2, 0.25) is 0 Å². The Hall–Kier alpha value is -2.42. The first-order valence-corrected chi connectivity index (χ1v) is 7.21. The van der Waals surface area contributed by atoms with Crippen LogP contribution >= 0.6 is 0 Å². The molecule has 0 N–H and O–H groups in total. The third-order valence-corrected chi connectivity index (χ3v) is 3.81. The third kappa shape index (κ3) is 2.59. The molecule has 3 nitrogen and oxygen atoms in total. The van der Waals surface area contributed by atoms with Crippen molar-refractivity contribution in [1.29, 1.82) is 0 Å². The molecule has 0 saturated carbocycles. The number of nitrogens with zero attached hydrogens (tertiary/aromatic N) is 2. The topological polar surface area (TPSA) is 34.9 Å². The van der Waals surface area contributed by atoms with Crippen LogP contribution in [-0.4, -0.2) is 15.3 Å². The Balaban J connectivity index is 1.95. The number of rotatable bonds is 4. The molecule has 0 spiro atoms. The maximum absolute atomic E-state index is 11.8. The number of Topliss-reactive ketones (excluding diaryl/α,β-unsaturated/α-hetero) is 1. The minimum absolute atomic E-state index is 0.182. The van der Waals surface area contributed by atoms with Crippen LogP contribution in [0.1, 0.15) is 35.1 Å². The summed E-state index contributed by atoms with van der Waals surface area (Å²) in [7, 11) is 2.03. The molecule has 0 radical (unpaired) electrons. The molecule has 0 aliphatic heterocycles. The fourth-order valence-corrected chi connectivity index (χ4v) is 2.59. The Labute approximate surface area is 124 Å². The summed E-state index contributed by atoms with van der Waals surface area (Å²) in [6.45, 7) is 1.89. The predicted octanol–water partition coefficient (Wildman–Crippen LogP) is 3.76. The van der Waals surface area contributed by atoms with Crippen LogP contribution in [0.5, 0.6) is 0 Å². The Morgan fingerprint density at radius 3 is 2.71 bits per heavy atom. The molecule has 1 aromatic heterocycles. The molecule has 3 rings (SSSR count). The first kappa shape index (κ1) is 13.6. The molecule has 0 saturated heterocycles. The number of aromatic nitrogens is 2. The Kier molecular flexibility index (Phi) is 3.57. The molecule has 21 heavy (non-hydrogen) atoms. The molecule has 0 fully saturated rings. The lowest BCUT2D eigenvalue weighted by atomic mass is 10.0. The molecule has 0 amide bonds. The summed E-state index contributed by atoms with van der Waals surface area (Å²) in [5.41, 5.74) is 4.05. The second-order valence-corrected chi connectivity index (χ2v) is 5.23. The normalized spacial score (nSPS) is 11.0. The van der Waals surface area contributed by atoms with Crippen molar-refractivity contribution in [2.45, 2.75) is 19.8 Å². The number of imidazole rings is 1. The maximum Gasteiger partial charge on any atom is 0.162 e. The number of hydrogen-bond acceptors (Lipinski definition) is 2. The van der Waals surface area contributed by atoms with Crippen molar-refractivity contribution in [1.82, 2.24) is 9.55 Å². The van der Waals surface area contributed by atoms with E-state index < -0.39 is 0 Å². The lowest BCUT2D eigenvalue weighted by Gasteiger charge is -2.05. The fraction of sp³-hybridized carbons (Fsp3) is 0.222. The first-order chi connectivity index (χ1) is 10.2. The number of para-hydroxylation sites is 2. The molecule has 0 bridgehead atoms. The summed E-state index contributed by atoms with van der Waals surface area (Å²) in [5, 5.41) is 0. The maximum atomic E-state index is 11.8. The van der Waals surface area contributed by atoms with E-state index in [4.69, 9.17) is 0 Å². The summed E-state index contributed by atoms with van der Waals surface area (Å²) in [6.07, 6.45) is 1.27. The smallest absolute Gasteiger partial charge is 0.162 e. The van der Waals surface area contributed by atoms with Gasteiger partial charge in [-0.2, -0.15) is 0 Å². The summed E-state index contributed by atoms with van der Waals surface area (Å²) in [5.74, 6) is 1.19. The van der Waals surface area contributed by atoms with Crippen molar-refractivity contribution >= 4 is 16.8 Å². The molecule has 106 valence electrons. The van der Waals surface area contributed by atoms with Crippen LogP contribution in [0, 0.1) is 0 Å². The van der Waals surface area contributed by atoms with Crippen LogP contribution < -0.4 is 0 Å². The highest BCUT2D eigenvalue weighted by atomic mass is 16.1. The van der Waals surface area contributed by atoms with Gasteiger partial charge in [-0.15, -0.1) is 0 Å². The minimum Gasteiger partial charge on any atom is -0.331 e. The quantitative estimate of drug-likeness (QED) is 0.681. The molecule has 0 aliphatic rings. The van der Waals surface area contributed by atoms with E-state index >= 15 is 0 Å². The van der Waals surface area contributed by atoms with Gasteiger partial charge in [0.1, 0.15) is 5.82 Å². The number of fused-ring (bicyclic) bond motifs is 1. The zero-order chi connectivity index (χ0) is 14.8. The largest absolute Gasteiger partial charge is 0.331 e. The summed E-state index contributed by atoms with van der Waals surface area (Å²) in [6, 6.07) is 16.0. The van der Waals surface area contributed by atoms with E-state index in [2.05, 4.69) is 15.6 Å². The molecule has 0 aliphatic carbocycles. The van der Waals surface area contributed by atoms with Crippen molar-refractivity contribution in [2.24, 2.45) is 7.05 Å². The van der Waals surface area contributed by atoms with Crippen LogP contribution in [0.25, 0.3) is 11.0 Å². The van der Waals surface area contributed by atoms with E-state index in [0.717, 1.165) is 34.4 Å². The number of aryl methyl sites for hydroxylation is 1. The second-order valence-electron chi connectivity index (χ2n) is 5.23. The molecule has 1 heterocycles. The molecule has 0 atom stereocenters. The van der Waals surface area contributed by atoms with Crippen molar-refractivity contribution in [3.05, 3.63) is 65.5 Å². The van der Waals surface area contributed by atoms with E-state index in [0.29, 0.717) is 6.42 Å². The van der Waals surface area contributed by atoms with Gasteiger partial charge in [-0.25, -0.2) is 4.98 Å². The van der Waals surface area contributed by atoms with Crippen molar-refractivity contribution < 1.29 is 4.79 Å². The van der Waals surface area contributed by atoms with Gasteiger partial charge in [0.15, 0.2) is 5.78 Å². The van der Waals surface area contributed by atoms with Gasteiger partial charge in [0.05, 0.1) is 11.0 Å². The molecule has 3 aromatic rings. The van der Waals surface area contributed by atoms with Crippen molar-refractivity contribution in [3.63, 3.8) is 0 Å². The second kappa shape index (κ2) is 5.52. The van der Waals surface area contributed by atoms with E-state index in [-0.39, 0.29) is 5.78 Å². The number of carbonyl (C=O) groups is 1. The standard InChI is InChI=1S/C18H18N2O/c1-3-17(21)14-8-6-7-13(11-14)12-18-19-15-9-4-5-10-16(15)20(18)2/h4-11H,3,12H2,1-2H3. The molecule has 3 heteroatoms. The molecular formula is C18H18N2O. The highest BCUT2D eigenvalue weighted by Crippen LogP contribution is 2.18. The summed E-state index contributed by atoms with van der Waals surface area (Å²) < 4.78 is 2.11. The van der Waals surface area contributed by atoms with Crippen LogP contribution in [0.15, 0.2) is 48.5 Å². The highest BCUT2D eigenvalue weighted by Gasteiger charge is 2.09. The number of ketones is 1. The third-order valence-electron chi connectivity index (χ3n) is 3.81. The van der Waals surface area contributed by atoms with Crippen LogP contribution in [0.4, 0.5) is 0 Å². The highest BCUT2D eigenvalue weighted by molar-refractivity contribution is 5.96. The number of hydrogen-bond donors (Lipinski definition) is 0. The van der Waals surface area contributed by atoms with Crippen molar-refractivity contribution in [3.8, 4) is 0 Å². The number of carbonyl (C=O) groups excluding carboxylic acids is 1. The lowest BCUT2D eigenvalue weighted by Crippen LogP contribution is -2.01. The van der Waals surface area contributed by atoms with Crippen LogP contribution in [0.2, 0.25) is 0 Å². The van der Waals surface area contributed by atoms with Gasteiger partial charge < -0.3 is 4.57 Å². The summed E-state index contributed by atoms with van der Waals surface area (Å²) >= 11 is 0. The van der Waals surface area contributed by atoms with E-state index in [1.165, 1.54) is 0 Å². The Bertz CT molecular complexity index is 802. The zero-order valence-electron chi connectivity index (χ0n) is 12.3. The van der Waals surface area contributed by atoms with Gasteiger partial charge in [0, 0.05) is 25.5 Å². The van der Waals surface area contributed by atoms with Gasteiger partial charge in [-0.1, -0.05) is 37.3 Å². The predicted molar refractivity (Wildman–Crippen MR) is 84.6 cm³/mol. The summed E-state index contributed by atoms with van der Waals surface area (Å²) in [4.78, 5) is 16.5. The van der Waals surface area contributed by atoms with E-state index in [9.17, 15) is 4.79 Å². The average molecular weight is 278 g/mol. The SMILES string of the molecule is CCC(=O)c1cccc(Cc2nc3ccccc3n2C)c1. The number of benzene rings is 2. The Morgan fingerprint density at radius 1 is 1.14 bits per heavy atom. The minimum atomic E-state index is 0.182. The molecule has 2 aromatic carbocycles. The zero-order valence-corrected chi connectivity index (χ0v) is 12.3. The first-order valence-electron chi connectivity index (χ1n) is 7.21. The Morgan fingerprint density at radius 2 is 1.95 bits per heavy atom. The van der Waals surface area contributed by atoms with E-state index in [1.807, 2.05) is 56.4 Å². The van der Waals surface area contributed by atoms with Crippen LogP contribution in [-0.2, 0) is 13.5 Å². The van der Waals surface area contributed by atoms with Gasteiger partial charge >= 0.3 is 0 Å². The fourth-order valence-electron chi connectivity index (χ4n) is 2.59. The van der Waals surface area contributed by atoms with Gasteiger partial charge in [0.25, 0.3) is 0 Å². The van der Waals surface area contributed by atoms with Crippen molar-refractivity contribution in [2.75, 3.05) is 0 Å². The average Bonchev–Trinajstić information content (AvgIpc) is 2.83. The van der Waals surface area contributed by atoms with Gasteiger partial charge in [-0.3, -0.25) is 4.79 Å². The molecule has 0 unspecified atom stereocenters. The van der Waals surface area contributed by atoms with Gasteiger partial charge in [-0.05, 0) is 23.8 Å². The van der Waals surface area contributed by atoms with Crippen LogP contribution in [0.3, 0.4) is 0 Å².